The van der Waals surface area contributed by atoms with E-state index in [1.54, 1.807) is 30.3 Å². The highest BCUT2D eigenvalue weighted by molar-refractivity contribution is 6.44. The topological polar surface area (TPSA) is 103 Å². The molecule has 5 N–H and O–H groups in total. The molecule has 0 aliphatic heterocycles. The second kappa shape index (κ2) is 13.2. The fourth-order valence-electron chi connectivity index (χ4n) is 3.17. The fourth-order valence-corrected chi connectivity index (χ4v) is 3.51. The molecule has 7 nitrogen and oxygen atoms in total. The van der Waals surface area contributed by atoms with E-state index in [9.17, 15) is 15.0 Å². The molecule has 0 heterocycles. The van der Waals surface area contributed by atoms with Crippen molar-refractivity contribution in [3.05, 3.63) is 88.4 Å². The molecule has 2 amide bonds. The normalized spacial score (nSPS) is 12.6. The number of aliphatic hydroxyl groups excluding tert-OH is 2. The lowest BCUT2D eigenvalue weighted by Gasteiger charge is -2.19. The van der Waals surface area contributed by atoms with Gasteiger partial charge in [0.15, 0.2) is 0 Å². The van der Waals surface area contributed by atoms with E-state index in [1.807, 2.05) is 42.5 Å². The summed E-state index contributed by atoms with van der Waals surface area (Å²) in [5.41, 5.74) is 1.98. The van der Waals surface area contributed by atoms with E-state index in [4.69, 9.17) is 27.9 Å². The Morgan fingerprint density at radius 1 is 0.941 bits per heavy atom. The van der Waals surface area contributed by atoms with Crippen molar-refractivity contribution in [2.75, 3.05) is 30.4 Å². The summed E-state index contributed by atoms with van der Waals surface area (Å²) in [7, 11) is 0. The lowest BCUT2D eigenvalue weighted by atomic mass is 10.1. The molecule has 0 radical (unpaired) electrons. The molecule has 0 spiro atoms. The van der Waals surface area contributed by atoms with Gasteiger partial charge in [-0.3, -0.25) is 0 Å². The van der Waals surface area contributed by atoms with Crippen molar-refractivity contribution < 1.29 is 19.7 Å². The largest absolute Gasteiger partial charge is 0.491 e. The number of nitrogens with one attached hydrogen (secondary N) is 3. The summed E-state index contributed by atoms with van der Waals surface area (Å²) in [6.07, 6.45) is -0.166. The number of amides is 2. The molecular formula is C25H27Cl2N3O4. The third-order valence-corrected chi connectivity index (χ3v) is 5.76. The Balaban J connectivity index is 1.44. The molecule has 180 valence electrons. The number of carbonyl (C=O) groups is 1. The van der Waals surface area contributed by atoms with E-state index in [-0.39, 0.29) is 30.8 Å². The lowest BCUT2D eigenvalue weighted by Crippen LogP contribution is -2.41. The Morgan fingerprint density at radius 3 is 2.38 bits per heavy atom. The molecule has 9 heteroatoms. The van der Waals surface area contributed by atoms with Crippen LogP contribution in [0.4, 0.5) is 16.2 Å². The molecule has 0 aromatic heterocycles. The second-order valence-electron chi connectivity index (χ2n) is 7.65. The smallest absolute Gasteiger partial charge is 0.323 e. The predicted molar refractivity (Wildman–Crippen MR) is 136 cm³/mol. The highest BCUT2D eigenvalue weighted by atomic mass is 35.5. The third-order valence-electron chi connectivity index (χ3n) is 4.94. The summed E-state index contributed by atoms with van der Waals surface area (Å²) in [5, 5.41) is 29.0. The van der Waals surface area contributed by atoms with E-state index < -0.39 is 12.1 Å². The zero-order chi connectivity index (χ0) is 24.3. The van der Waals surface area contributed by atoms with Crippen molar-refractivity contribution in [1.82, 2.24) is 5.32 Å². The Kier molecular flexibility index (Phi) is 10.00. The van der Waals surface area contributed by atoms with Gasteiger partial charge in [-0.2, -0.15) is 0 Å². The SMILES string of the molecule is O=C(Nc1ccc(C[C@@H](CO)NC[C@H](O)COc2ccccc2)cc1)Nc1cccc(Cl)c1Cl. The van der Waals surface area contributed by atoms with Crippen LogP contribution in [0, 0.1) is 0 Å². The number of urea groups is 1. The molecule has 0 saturated heterocycles. The van der Waals surface area contributed by atoms with Crippen LogP contribution in [0.5, 0.6) is 5.75 Å². The first-order valence-corrected chi connectivity index (χ1v) is 11.5. The van der Waals surface area contributed by atoms with Crippen LogP contribution in [0.2, 0.25) is 10.0 Å². The minimum absolute atomic E-state index is 0.0882. The molecule has 3 aromatic rings. The summed E-state index contributed by atoms with van der Waals surface area (Å²) in [4.78, 5) is 12.2. The number of aliphatic hydroxyl groups is 2. The minimum Gasteiger partial charge on any atom is -0.491 e. The van der Waals surface area contributed by atoms with Crippen LogP contribution in [-0.4, -0.2) is 48.1 Å². The van der Waals surface area contributed by atoms with Crippen LogP contribution >= 0.6 is 23.2 Å². The zero-order valence-corrected chi connectivity index (χ0v) is 19.9. The molecule has 0 fully saturated rings. The first-order chi connectivity index (χ1) is 16.4. The minimum atomic E-state index is -0.715. The van der Waals surface area contributed by atoms with E-state index in [1.165, 1.54) is 0 Å². The Labute approximate surface area is 208 Å². The molecule has 34 heavy (non-hydrogen) atoms. The van der Waals surface area contributed by atoms with Crippen LogP contribution in [0.1, 0.15) is 5.56 Å². The van der Waals surface area contributed by atoms with E-state index in [2.05, 4.69) is 16.0 Å². The fraction of sp³-hybridized carbons (Fsp3) is 0.240. The van der Waals surface area contributed by atoms with Crippen LogP contribution in [0.25, 0.3) is 0 Å². The van der Waals surface area contributed by atoms with Crippen molar-refractivity contribution in [3.63, 3.8) is 0 Å². The van der Waals surface area contributed by atoms with Crippen molar-refractivity contribution in [2.45, 2.75) is 18.6 Å². The van der Waals surface area contributed by atoms with Crippen molar-refractivity contribution in [1.29, 1.82) is 0 Å². The van der Waals surface area contributed by atoms with E-state index in [0.717, 1.165) is 5.56 Å². The van der Waals surface area contributed by atoms with Gasteiger partial charge in [0.1, 0.15) is 18.5 Å². The number of anilines is 2. The monoisotopic (exact) mass is 503 g/mol. The Morgan fingerprint density at radius 2 is 1.68 bits per heavy atom. The highest BCUT2D eigenvalue weighted by Crippen LogP contribution is 2.29. The van der Waals surface area contributed by atoms with Gasteiger partial charge in [0.05, 0.1) is 22.3 Å². The molecule has 0 aliphatic rings. The van der Waals surface area contributed by atoms with Gasteiger partial charge in [0.2, 0.25) is 0 Å². The molecule has 0 unspecified atom stereocenters. The maximum atomic E-state index is 12.2. The molecule has 0 saturated carbocycles. The van der Waals surface area contributed by atoms with Crippen LogP contribution in [0.15, 0.2) is 72.8 Å². The number of halogens is 2. The van der Waals surface area contributed by atoms with Gasteiger partial charge in [0, 0.05) is 18.3 Å². The quantitative estimate of drug-likeness (QED) is 0.263. The number of para-hydroxylation sites is 1. The first kappa shape index (κ1) is 25.8. The van der Waals surface area contributed by atoms with Crippen LogP contribution in [-0.2, 0) is 6.42 Å². The third kappa shape index (κ3) is 8.20. The van der Waals surface area contributed by atoms with Crippen molar-refractivity contribution in [3.8, 4) is 5.75 Å². The summed E-state index contributed by atoms with van der Waals surface area (Å²) < 4.78 is 5.54. The number of hydrogen-bond donors (Lipinski definition) is 5. The standard InChI is InChI=1S/C25H27Cl2N3O4/c26-22-7-4-8-23(24(22)27)30-25(33)29-18-11-9-17(10-12-18)13-19(15-31)28-14-20(32)16-34-21-5-2-1-3-6-21/h1-12,19-20,28,31-32H,13-16H2,(H2,29,30,33)/t19-,20-/m0/s1. The summed E-state index contributed by atoms with van der Waals surface area (Å²) >= 11 is 12.1. The second-order valence-corrected chi connectivity index (χ2v) is 8.43. The number of ether oxygens (including phenoxy) is 1. The van der Waals surface area contributed by atoms with Crippen molar-refractivity contribution in [2.24, 2.45) is 0 Å². The molecule has 0 bridgehead atoms. The van der Waals surface area contributed by atoms with Crippen molar-refractivity contribution >= 4 is 40.6 Å². The summed E-state index contributed by atoms with van der Waals surface area (Å²) in [6, 6.07) is 20.8. The van der Waals surface area contributed by atoms with Gasteiger partial charge in [-0.25, -0.2) is 4.79 Å². The first-order valence-electron chi connectivity index (χ1n) is 10.8. The van der Waals surface area contributed by atoms with E-state index >= 15 is 0 Å². The number of hydrogen-bond acceptors (Lipinski definition) is 5. The van der Waals surface area contributed by atoms with E-state index in [0.29, 0.717) is 28.6 Å². The Bertz CT molecular complexity index is 1050. The maximum absolute atomic E-state index is 12.2. The Hall–Kier alpha value is -2.81. The molecule has 3 rings (SSSR count). The van der Waals surface area contributed by atoms with Gasteiger partial charge < -0.3 is 30.9 Å². The van der Waals surface area contributed by atoms with Gasteiger partial charge in [-0.15, -0.1) is 0 Å². The molecule has 0 aliphatic carbocycles. The van der Waals surface area contributed by atoms with Gasteiger partial charge >= 0.3 is 6.03 Å². The van der Waals surface area contributed by atoms with Gasteiger partial charge in [-0.1, -0.05) is 59.6 Å². The van der Waals surface area contributed by atoms with Crippen LogP contribution in [0.3, 0.4) is 0 Å². The summed E-state index contributed by atoms with van der Waals surface area (Å²) in [6.45, 7) is 0.344. The maximum Gasteiger partial charge on any atom is 0.323 e. The van der Waals surface area contributed by atoms with Crippen LogP contribution < -0.4 is 20.7 Å². The van der Waals surface area contributed by atoms with Gasteiger partial charge in [-0.05, 0) is 48.4 Å². The number of carbonyl (C=O) groups excluding carboxylic acids is 1. The summed E-state index contributed by atoms with van der Waals surface area (Å²) in [5.74, 6) is 0.693. The molecule has 3 aromatic carbocycles. The zero-order valence-electron chi connectivity index (χ0n) is 18.4. The average Bonchev–Trinajstić information content (AvgIpc) is 2.85. The number of benzene rings is 3. The highest BCUT2D eigenvalue weighted by Gasteiger charge is 2.13. The molecule has 2 atom stereocenters. The average molecular weight is 504 g/mol. The predicted octanol–water partition coefficient (Wildman–Crippen LogP) is 4.57. The molecular weight excluding hydrogens is 477 g/mol. The van der Waals surface area contributed by atoms with Gasteiger partial charge in [0.25, 0.3) is 0 Å². The lowest BCUT2D eigenvalue weighted by molar-refractivity contribution is 0.0997. The number of rotatable bonds is 11.